The van der Waals surface area contributed by atoms with Gasteiger partial charge >= 0.3 is 6.03 Å². The minimum Gasteiger partial charge on any atom is -0.350 e. The topological polar surface area (TPSA) is 92.2 Å². The van der Waals surface area contributed by atoms with E-state index in [9.17, 15) is 14.4 Å². The molecule has 0 aliphatic carbocycles. The van der Waals surface area contributed by atoms with Crippen LogP contribution in [0.3, 0.4) is 0 Å². The number of hydrogen-bond acceptors (Lipinski definition) is 3. The van der Waals surface area contributed by atoms with Gasteiger partial charge in [0.05, 0.1) is 0 Å². The van der Waals surface area contributed by atoms with Gasteiger partial charge in [-0.2, -0.15) is 0 Å². The van der Waals surface area contributed by atoms with Crippen LogP contribution in [0.25, 0.3) is 0 Å². The summed E-state index contributed by atoms with van der Waals surface area (Å²) in [5.41, 5.74) is 2.45. The zero-order valence-electron chi connectivity index (χ0n) is 14.6. The predicted octanol–water partition coefficient (Wildman–Crippen LogP) is 1.53. The summed E-state index contributed by atoms with van der Waals surface area (Å²) in [5, 5.41) is 7.65. The van der Waals surface area contributed by atoms with E-state index in [1.165, 1.54) is 17.7 Å². The Hall–Kier alpha value is -3.09. The Labute approximate surface area is 146 Å². The molecule has 2 aromatic rings. The zero-order valence-corrected chi connectivity index (χ0v) is 14.6. The lowest BCUT2D eigenvalue weighted by Gasteiger charge is -2.13. The summed E-state index contributed by atoms with van der Waals surface area (Å²) in [6.45, 7) is 4.00. The maximum absolute atomic E-state index is 12.4. The highest BCUT2D eigenvalue weighted by Gasteiger charge is 2.12. The maximum atomic E-state index is 12.4. The second kappa shape index (κ2) is 8.14. The van der Waals surface area contributed by atoms with Gasteiger partial charge < -0.3 is 20.5 Å². The fourth-order valence-corrected chi connectivity index (χ4v) is 2.35. The number of carbonyl (C=O) groups is 2. The molecule has 0 spiro atoms. The van der Waals surface area contributed by atoms with Crippen LogP contribution in [0.2, 0.25) is 0 Å². The quantitative estimate of drug-likeness (QED) is 0.769. The molecule has 25 heavy (non-hydrogen) atoms. The third-order valence-corrected chi connectivity index (χ3v) is 3.91. The van der Waals surface area contributed by atoms with Crippen molar-refractivity contribution in [3.63, 3.8) is 0 Å². The van der Waals surface area contributed by atoms with Crippen LogP contribution in [0.15, 0.2) is 41.2 Å². The summed E-state index contributed by atoms with van der Waals surface area (Å²) in [4.78, 5) is 36.1. The number of carbonyl (C=O) groups excluding carboxylic acids is 2. The van der Waals surface area contributed by atoms with Gasteiger partial charge in [0.2, 0.25) is 5.91 Å². The Morgan fingerprint density at radius 3 is 2.48 bits per heavy atom. The first-order chi connectivity index (χ1) is 11.9. The summed E-state index contributed by atoms with van der Waals surface area (Å²) in [6.07, 6.45) is 0. The monoisotopic (exact) mass is 342 g/mol. The van der Waals surface area contributed by atoms with Gasteiger partial charge in [-0.1, -0.05) is 24.3 Å². The molecular formula is C18H22N4O3. The highest BCUT2D eigenvalue weighted by atomic mass is 16.2. The number of benzene rings is 1. The van der Waals surface area contributed by atoms with E-state index in [4.69, 9.17) is 0 Å². The minimum atomic E-state index is -0.489. The second-order valence-corrected chi connectivity index (χ2v) is 5.69. The highest BCUT2D eigenvalue weighted by molar-refractivity contribution is 5.88. The molecule has 0 bridgehead atoms. The SMILES string of the molecule is CNC(=O)Nc1ccc(C)n(CC(=O)NCc2ccccc2C)c1=O. The molecule has 3 amide bonds. The molecule has 0 unspecified atom stereocenters. The Balaban J connectivity index is 2.09. The lowest BCUT2D eigenvalue weighted by Crippen LogP contribution is -2.35. The van der Waals surface area contributed by atoms with Crippen molar-refractivity contribution >= 4 is 17.6 Å². The van der Waals surface area contributed by atoms with Crippen LogP contribution in [0.1, 0.15) is 16.8 Å². The molecule has 1 heterocycles. The summed E-state index contributed by atoms with van der Waals surface area (Å²) in [5.74, 6) is -0.273. The molecule has 3 N–H and O–H groups in total. The van der Waals surface area contributed by atoms with Crippen LogP contribution in [0, 0.1) is 13.8 Å². The van der Waals surface area contributed by atoms with Crippen LogP contribution in [0.5, 0.6) is 0 Å². The average molecular weight is 342 g/mol. The average Bonchev–Trinajstić information content (AvgIpc) is 2.60. The van der Waals surface area contributed by atoms with Gasteiger partial charge in [-0.05, 0) is 37.1 Å². The van der Waals surface area contributed by atoms with E-state index in [0.29, 0.717) is 12.2 Å². The van der Waals surface area contributed by atoms with Crippen molar-refractivity contribution in [2.75, 3.05) is 12.4 Å². The molecule has 132 valence electrons. The number of amides is 3. The van der Waals surface area contributed by atoms with Crippen molar-refractivity contribution in [1.29, 1.82) is 0 Å². The van der Waals surface area contributed by atoms with Crippen molar-refractivity contribution in [3.05, 3.63) is 63.6 Å². The zero-order chi connectivity index (χ0) is 18.4. The molecule has 0 aliphatic rings. The number of nitrogens with one attached hydrogen (secondary N) is 3. The van der Waals surface area contributed by atoms with E-state index in [1.54, 1.807) is 13.0 Å². The van der Waals surface area contributed by atoms with Gasteiger partial charge in [-0.25, -0.2) is 4.79 Å². The first-order valence-corrected chi connectivity index (χ1v) is 7.92. The Bertz CT molecular complexity index is 842. The number of rotatable bonds is 5. The number of hydrogen-bond donors (Lipinski definition) is 3. The molecule has 7 nitrogen and oxygen atoms in total. The summed E-state index contributed by atoms with van der Waals surface area (Å²) >= 11 is 0. The fourth-order valence-electron chi connectivity index (χ4n) is 2.35. The standard InChI is InChI=1S/C18H22N4O3/c1-12-6-4-5-7-14(12)10-20-16(23)11-22-13(2)8-9-15(17(22)24)21-18(25)19-3/h4-9H,10-11H2,1-3H3,(H,20,23)(H2,19,21,25). The third-order valence-electron chi connectivity index (χ3n) is 3.91. The van der Waals surface area contributed by atoms with Crippen LogP contribution in [-0.4, -0.2) is 23.6 Å². The molecule has 0 saturated carbocycles. The van der Waals surface area contributed by atoms with Crippen LogP contribution in [-0.2, 0) is 17.9 Å². The lowest BCUT2D eigenvalue weighted by molar-refractivity contribution is -0.121. The van der Waals surface area contributed by atoms with Crippen LogP contribution < -0.4 is 21.5 Å². The number of anilines is 1. The smallest absolute Gasteiger partial charge is 0.319 e. The van der Waals surface area contributed by atoms with Gasteiger partial charge in [-0.3, -0.25) is 9.59 Å². The van der Waals surface area contributed by atoms with Crippen molar-refractivity contribution in [2.24, 2.45) is 0 Å². The van der Waals surface area contributed by atoms with Gasteiger partial charge in [0.25, 0.3) is 5.56 Å². The van der Waals surface area contributed by atoms with Gasteiger partial charge in [0.1, 0.15) is 12.2 Å². The highest BCUT2D eigenvalue weighted by Crippen LogP contribution is 2.07. The second-order valence-electron chi connectivity index (χ2n) is 5.69. The van der Waals surface area contributed by atoms with E-state index >= 15 is 0 Å². The van der Waals surface area contributed by atoms with E-state index in [1.807, 2.05) is 31.2 Å². The summed E-state index contributed by atoms with van der Waals surface area (Å²) in [6, 6.07) is 10.5. The van der Waals surface area contributed by atoms with E-state index in [-0.39, 0.29) is 18.1 Å². The van der Waals surface area contributed by atoms with Crippen LogP contribution in [0.4, 0.5) is 10.5 Å². The molecule has 0 saturated heterocycles. The third kappa shape index (κ3) is 4.69. The molecule has 7 heteroatoms. The van der Waals surface area contributed by atoms with Crippen molar-refractivity contribution in [3.8, 4) is 0 Å². The first-order valence-electron chi connectivity index (χ1n) is 7.92. The maximum Gasteiger partial charge on any atom is 0.319 e. The predicted molar refractivity (Wildman–Crippen MR) is 96.5 cm³/mol. The van der Waals surface area contributed by atoms with E-state index in [0.717, 1.165) is 11.1 Å². The summed E-state index contributed by atoms with van der Waals surface area (Å²) in [7, 11) is 1.46. The van der Waals surface area contributed by atoms with Crippen LogP contribution >= 0.6 is 0 Å². The van der Waals surface area contributed by atoms with Gasteiger partial charge in [0, 0.05) is 19.3 Å². The Morgan fingerprint density at radius 2 is 1.80 bits per heavy atom. The van der Waals surface area contributed by atoms with Gasteiger partial charge in [0.15, 0.2) is 0 Å². The van der Waals surface area contributed by atoms with Gasteiger partial charge in [-0.15, -0.1) is 0 Å². The first kappa shape index (κ1) is 18.3. The molecule has 0 fully saturated rings. The molecule has 1 aromatic carbocycles. The molecule has 0 radical (unpaired) electrons. The number of urea groups is 1. The largest absolute Gasteiger partial charge is 0.350 e. The summed E-state index contributed by atoms with van der Waals surface area (Å²) < 4.78 is 1.33. The van der Waals surface area contributed by atoms with Crippen molar-refractivity contribution in [2.45, 2.75) is 26.9 Å². The van der Waals surface area contributed by atoms with Crippen molar-refractivity contribution in [1.82, 2.24) is 15.2 Å². The fraction of sp³-hybridized carbons (Fsp3) is 0.278. The Morgan fingerprint density at radius 1 is 1.08 bits per heavy atom. The number of nitrogens with zero attached hydrogens (tertiary/aromatic N) is 1. The van der Waals surface area contributed by atoms with Crippen molar-refractivity contribution < 1.29 is 9.59 Å². The number of pyridine rings is 1. The number of aromatic nitrogens is 1. The lowest BCUT2D eigenvalue weighted by atomic mass is 10.1. The molecule has 1 aromatic heterocycles. The molecule has 0 aliphatic heterocycles. The molecular weight excluding hydrogens is 320 g/mol. The van der Waals surface area contributed by atoms with E-state index < -0.39 is 11.6 Å². The Kier molecular flexibility index (Phi) is 5.94. The normalized spacial score (nSPS) is 10.2. The minimum absolute atomic E-state index is 0.111. The molecule has 0 atom stereocenters. The number of aryl methyl sites for hydroxylation is 2. The van der Waals surface area contributed by atoms with E-state index in [2.05, 4.69) is 16.0 Å². The molecule has 2 rings (SSSR count).